The first kappa shape index (κ1) is 13.7. The number of carbonyl (C=O) groups excluding carboxylic acids is 3. The molecule has 0 spiro atoms. The van der Waals surface area contributed by atoms with E-state index in [1.807, 2.05) is 0 Å². The summed E-state index contributed by atoms with van der Waals surface area (Å²) >= 11 is 0. The van der Waals surface area contributed by atoms with Gasteiger partial charge in [-0.25, -0.2) is 9.59 Å². The number of hydrogen-bond donors (Lipinski definition) is 1. The molecule has 0 saturated heterocycles. The Labute approximate surface area is 104 Å². The summed E-state index contributed by atoms with van der Waals surface area (Å²) in [4.78, 5) is 34.7. The fourth-order valence-electron chi connectivity index (χ4n) is 1.40. The minimum absolute atomic E-state index is 0.0667. The summed E-state index contributed by atoms with van der Waals surface area (Å²) in [5.74, 6) is -2.74. The molecule has 1 rings (SSSR count). The third kappa shape index (κ3) is 2.65. The molecule has 96 valence electrons. The standard InChI is InChI=1S/C12H13NO5/c1-3-18-12(16)10(14)7-5-4-6-8(13)9(7)11(15)17-2/h4-6H,3,13H2,1-2H3. The first-order chi connectivity index (χ1) is 8.52. The number of ether oxygens (including phenoxy) is 2. The average molecular weight is 251 g/mol. The smallest absolute Gasteiger partial charge is 0.379 e. The molecule has 0 amide bonds. The Hall–Kier alpha value is -2.37. The van der Waals surface area contributed by atoms with Crippen LogP contribution >= 0.6 is 0 Å². The minimum atomic E-state index is -1.03. The number of benzene rings is 1. The van der Waals surface area contributed by atoms with Crippen LogP contribution in [0.15, 0.2) is 18.2 Å². The number of ketones is 1. The van der Waals surface area contributed by atoms with Crippen LogP contribution in [0.1, 0.15) is 27.6 Å². The Morgan fingerprint density at radius 1 is 1.28 bits per heavy atom. The fourth-order valence-corrected chi connectivity index (χ4v) is 1.40. The summed E-state index contributed by atoms with van der Waals surface area (Å²) in [7, 11) is 1.16. The highest BCUT2D eigenvalue weighted by molar-refractivity contribution is 6.42. The number of Topliss-reactive ketones (excluding diaryl/α,β-unsaturated/α-hetero) is 1. The summed E-state index contributed by atoms with van der Waals surface area (Å²) in [6, 6.07) is 4.23. The average Bonchev–Trinajstić information content (AvgIpc) is 2.37. The maximum Gasteiger partial charge on any atom is 0.379 e. The van der Waals surface area contributed by atoms with E-state index < -0.39 is 17.7 Å². The zero-order chi connectivity index (χ0) is 13.7. The minimum Gasteiger partial charge on any atom is -0.465 e. The van der Waals surface area contributed by atoms with E-state index >= 15 is 0 Å². The van der Waals surface area contributed by atoms with Gasteiger partial charge in [0.2, 0.25) is 0 Å². The lowest BCUT2D eigenvalue weighted by atomic mass is 10.0. The largest absolute Gasteiger partial charge is 0.465 e. The van der Waals surface area contributed by atoms with Crippen molar-refractivity contribution in [2.75, 3.05) is 19.5 Å². The molecule has 0 aliphatic carbocycles. The van der Waals surface area contributed by atoms with Crippen LogP contribution in [0.2, 0.25) is 0 Å². The van der Waals surface area contributed by atoms with Crippen molar-refractivity contribution in [2.24, 2.45) is 0 Å². The van der Waals surface area contributed by atoms with Crippen LogP contribution in [0.4, 0.5) is 5.69 Å². The molecule has 0 saturated carbocycles. The van der Waals surface area contributed by atoms with Crippen LogP contribution < -0.4 is 5.73 Å². The summed E-state index contributed by atoms with van der Waals surface area (Å²) in [5, 5.41) is 0. The van der Waals surface area contributed by atoms with Crippen molar-refractivity contribution in [3.05, 3.63) is 29.3 Å². The number of nitrogen functional groups attached to an aromatic ring is 1. The zero-order valence-corrected chi connectivity index (χ0v) is 10.1. The summed E-state index contributed by atoms with van der Waals surface area (Å²) in [5.41, 5.74) is 5.42. The molecular weight excluding hydrogens is 238 g/mol. The van der Waals surface area contributed by atoms with E-state index in [2.05, 4.69) is 9.47 Å². The van der Waals surface area contributed by atoms with Crippen molar-refractivity contribution in [3.63, 3.8) is 0 Å². The second-order valence-electron chi connectivity index (χ2n) is 3.31. The monoisotopic (exact) mass is 251 g/mol. The molecule has 0 atom stereocenters. The van der Waals surface area contributed by atoms with E-state index in [0.717, 1.165) is 7.11 Å². The SMILES string of the molecule is CCOC(=O)C(=O)c1cccc(N)c1C(=O)OC. The number of methoxy groups -OCH3 is 1. The van der Waals surface area contributed by atoms with Crippen molar-refractivity contribution in [1.29, 1.82) is 0 Å². The normalized spacial score (nSPS) is 9.67. The van der Waals surface area contributed by atoms with Crippen molar-refractivity contribution >= 4 is 23.4 Å². The van der Waals surface area contributed by atoms with E-state index in [9.17, 15) is 14.4 Å². The van der Waals surface area contributed by atoms with Gasteiger partial charge in [0.05, 0.1) is 19.3 Å². The van der Waals surface area contributed by atoms with Gasteiger partial charge in [0.25, 0.3) is 5.78 Å². The van der Waals surface area contributed by atoms with Gasteiger partial charge in [-0.2, -0.15) is 0 Å². The van der Waals surface area contributed by atoms with Gasteiger partial charge < -0.3 is 15.2 Å². The quantitative estimate of drug-likeness (QED) is 0.368. The molecule has 2 N–H and O–H groups in total. The summed E-state index contributed by atoms with van der Waals surface area (Å²) in [6.45, 7) is 1.65. The van der Waals surface area contributed by atoms with Crippen molar-refractivity contribution in [2.45, 2.75) is 6.92 Å². The lowest BCUT2D eigenvalue weighted by Gasteiger charge is -2.08. The molecule has 0 fully saturated rings. The van der Waals surface area contributed by atoms with Gasteiger partial charge in [-0.3, -0.25) is 4.79 Å². The van der Waals surface area contributed by atoms with Gasteiger partial charge in [0, 0.05) is 11.3 Å². The predicted molar refractivity (Wildman–Crippen MR) is 63.2 cm³/mol. The molecule has 0 heterocycles. The number of anilines is 1. The topological polar surface area (TPSA) is 95.7 Å². The third-order valence-corrected chi connectivity index (χ3v) is 2.19. The van der Waals surface area contributed by atoms with E-state index in [-0.39, 0.29) is 23.4 Å². The molecule has 0 aliphatic heterocycles. The van der Waals surface area contributed by atoms with Crippen LogP contribution in [-0.4, -0.2) is 31.4 Å². The molecule has 18 heavy (non-hydrogen) atoms. The highest BCUT2D eigenvalue weighted by Gasteiger charge is 2.25. The Morgan fingerprint density at radius 3 is 2.50 bits per heavy atom. The van der Waals surface area contributed by atoms with Crippen molar-refractivity contribution < 1.29 is 23.9 Å². The fraction of sp³-hybridized carbons (Fsp3) is 0.250. The Kier molecular flexibility index (Phi) is 4.42. The Bertz CT molecular complexity index is 495. The second-order valence-corrected chi connectivity index (χ2v) is 3.31. The number of nitrogens with two attached hydrogens (primary N) is 1. The molecule has 0 aliphatic rings. The van der Waals surface area contributed by atoms with Gasteiger partial charge in [-0.1, -0.05) is 6.07 Å². The predicted octanol–water partition coefficient (Wildman–Crippen LogP) is 0.801. The second kappa shape index (κ2) is 5.81. The molecule has 1 aromatic rings. The number of esters is 2. The Morgan fingerprint density at radius 2 is 1.94 bits per heavy atom. The van der Waals surface area contributed by atoms with Crippen LogP contribution in [0.3, 0.4) is 0 Å². The lowest BCUT2D eigenvalue weighted by molar-refractivity contribution is -0.137. The number of rotatable bonds is 4. The first-order valence-corrected chi connectivity index (χ1v) is 5.21. The van der Waals surface area contributed by atoms with E-state index in [0.29, 0.717) is 0 Å². The molecule has 6 heteroatoms. The molecule has 0 bridgehead atoms. The van der Waals surface area contributed by atoms with Gasteiger partial charge in [0.15, 0.2) is 0 Å². The van der Waals surface area contributed by atoms with E-state index in [4.69, 9.17) is 5.73 Å². The van der Waals surface area contributed by atoms with Crippen LogP contribution in [-0.2, 0) is 14.3 Å². The maximum absolute atomic E-state index is 11.8. The first-order valence-electron chi connectivity index (χ1n) is 5.21. The molecular formula is C12H13NO5. The van der Waals surface area contributed by atoms with Gasteiger partial charge in [-0.05, 0) is 19.1 Å². The van der Waals surface area contributed by atoms with E-state index in [1.165, 1.54) is 18.2 Å². The summed E-state index contributed by atoms with van der Waals surface area (Å²) < 4.78 is 9.11. The highest BCUT2D eigenvalue weighted by atomic mass is 16.5. The maximum atomic E-state index is 11.8. The highest BCUT2D eigenvalue weighted by Crippen LogP contribution is 2.19. The number of hydrogen-bond acceptors (Lipinski definition) is 6. The third-order valence-electron chi connectivity index (χ3n) is 2.19. The van der Waals surface area contributed by atoms with Crippen LogP contribution in [0.25, 0.3) is 0 Å². The molecule has 1 aromatic carbocycles. The van der Waals surface area contributed by atoms with Gasteiger partial charge >= 0.3 is 11.9 Å². The molecule has 0 unspecified atom stereocenters. The van der Waals surface area contributed by atoms with Gasteiger partial charge in [-0.15, -0.1) is 0 Å². The Balaban J connectivity index is 3.24. The van der Waals surface area contributed by atoms with Crippen LogP contribution in [0, 0.1) is 0 Å². The van der Waals surface area contributed by atoms with Crippen molar-refractivity contribution in [3.8, 4) is 0 Å². The van der Waals surface area contributed by atoms with Crippen molar-refractivity contribution in [1.82, 2.24) is 0 Å². The molecule has 0 radical (unpaired) electrons. The summed E-state index contributed by atoms with van der Waals surface area (Å²) in [6.07, 6.45) is 0. The zero-order valence-electron chi connectivity index (χ0n) is 10.1. The lowest BCUT2D eigenvalue weighted by Crippen LogP contribution is -2.21. The van der Waals surface area contributed by atoms with Crippen LogP contribution in [0.5, 0.6) is 0 Å². The number of carbonyl (C=O) groups is 3. The van der Waals surface area contributed by atoms with Gasteiger partial charge in [0.1, 0.15) is 0 Å². The van der Waals surface area contributed by atoms with E-state index in [1.54, 1.807) is 6.92 Å². The molecule has 6 nitrogen and oxygen atoms in total. The molecule has 0 aromatic heterocycles.